The minimum Gasteiger partial charge on any atom is -0.746 e. The fraction of sp³-hybridized carbons (Fsp3) is 0.440. The fourth-order valence-corrected chi connectivity index (χ4v) is 7.87. The largest absolute Gasteiger partial charge is 1.00 e. The summed E-state index contributed by atoms with van der Waals surface area (Å²) in [5.41, 5.74) is 1.43. The van der Waals surface area contributed by atoms with E-state index in [9.17, 15) is 9.46 Å². The van der Waals surface area contributed by atoms with Gasteiger partial charge in [0.1, 0.15) is 11.5 Å². The molecule has 2 aromatic rings. The van der Waals surface area contributed by atoms with Crippen molar-refractivity contribution in [3.63, 3.8) is 0 Å². The first kappa shape index (κ1) is 25.4. The molecule has 0 aromatic heterocycles. The van der Waals surface area contributed by atoms with Crippen LogP contribution in [0.15, 0.2) is 52.3 Å². The minimum atomic E-state index is -4.62. The van der Waals surface area contributed by atoms with E-state index < -0.39 is 7.82 Å². The maximum atomic E-state index is 13.2. The van der Waals surface area contributed by atoms with Gasteiger partial charge in [0.25, 0.3) is 0 Å². The van der Waals surface area contributed by atoms with Crippen molar-refractivity contribution < 1.29 is 52.8 Å². The van der Waals surface area contributed by atoms with Crippen LogP contribution in [0.1, 0.15) is 51.2 Å². The third kappa shape index (κ3) is 4.27. The molecule has 5 rings (SSSR count). The topological polar surface area (TPSA) is 67.8 Å². The summed E-state index contributed by atoms with van der Waals surface area (Å²) in [5.74, 6) is 1.40. The molecular weight excluding hydrogens is 466 g/mol. The predicted octanol–water partition coefficient (Wildman–Crippen LogP) is 3.38. The van der Waals surface area contributed by atoms with Gasteiger partial charge in [-0.1, -0.05) is 56.8 Å². The molecule has 2 aliphatic carbocycles. The van der Waals surface area contributed by atoms with Gasteiger partial charge in [-0.3, -0.25) is 4.57 Å². The maximum absolute atomic E-state index is 13.2. The van der Waals surface area contributed by atoms with Gasteiger partial charge in [-0.15, -0.1) is 0 Å². The summed E-state index contributed by atoms with van der Waals surface area (Å²) in [6.45, 7) is 6.62. The molecule has 2 bridgehead atoms. The maximum Gasteiger partial charge on any atom is 1.00 e. The van der Waals surface area contributed by atoms with E-state index >= 15 is 0 Å². The number of phosphoric acid groups is 1. The summed E-state index contributed by atoms with van der Waals surface area (Å²) in [5, 5.41) is 0. The van der Waals surface area contributed by atoms with E-state index in [2.05, 4.69) is 20.8 Å². The summed E-state index contributed by atoms with van der Waals surface area (Å²) in [4.78, 5) is 15.0. The number of hydrogen-bond acceptors (Lipinski definition) is 6. The van der Waals surface area contributed by atoms with Crippen LogP contribution < -0.4 is 39.2 Å². The van der Waals surface area contributed by atoms with Crippen molar-refractivity contribution in [2.24, 2.45) is 16.7 Å². The molecule has 0 spiro atoms. The number of hydrogen-bond donors (Lipinski definition) is 0. The van der Waals surface area contributed by atoms with Crippen LogP contribution in [-0.2, 0) is 13.6 Å². The summed E-state index contributed by atoms with van der Waals surface area (Å²) in [7, 11) is -3.01. The third-order valence-corrected chi connectivity index (χ3v) is 10.2. The first-order valence-electron chi connectivity index (χ1n) is 11.0. The average Bonchev–Trinajstić information content (AvgIpc) is 2.99. The Hall–Kier alpha value is -0.720. The minimum absolute atomic E-state index is 0. The number of phosphoric ester groups is 1. The molecule has 0 amide bonds. The van der Waals surface area contributed by atoms with Crippen LogP contribution in [0.2, 0.25) is 0 Å². The Morgan fingerprint density at radius 3 is 2.55 bits per heavy atom. The zero-order valence-corrected chi connectivity index (χ0v) is 23.5. The van der Waals surface area contributed by atoms with Gasteiger partial charge >= 0.3 is 37.4 Å². The van der Waals surface area contributed by atoms with E-state index in [0.717, 1.165) is 34.6 Å². The summed E-state index contributed by atoms with van der Waals surface area (Å²) < 4.78 is 30.2. The Balaban J connectivity index is 0.00000259. The van der Waals surface area contributed by atoms with Gasteiger partial charge in [0.2, 0.25) is 0 Å². The monoisotopic (exact) mass is 494 g/mol. The Labute approximate surface area is 222 Å². The average molecular weight is 495 g/mol. The first-order valence-corrected chi connectivity index (χ1v) is 13.3. The van der Waals surface area contributed by atoms with E-state index in [0.29, 0.717) is 17.2 Å². The molecule has 0 N–H and O–H groups in total. The Kier molecular flexibility index (Phi) is 6.96. The van der Waals surface area contributed by atoms with Crippen LogP contribution in [0, 0.1) is 16.7 Å². The van der Waals surface area contributed by atoms with E-state index in [1.54, 1.807) is 13.2 Å². The van der Waals surface area contributed by atoms with Crippen molar-refractivity contribution in [1.82, 2.24) is 0 Å². The second-order valence-electron chi connectivity index (χ2n) is 9.73. The van der Waals surface area contributed by atoms with Crippen molar-refractivity contribution in [3.05, 3.63) is 53.6 Å². The van der Waals surface area contributed by atoms with Crippen LogP contribution in [0.4, 0.5) is 0 Å². The predicted molar refractivity (Wildman–Crippen MR) is 124 cm³/mol. The number of ether oxygens (including phenoxy) is 1. The number of rotatable bonds is 5. The van der Waals surface area contributed by atoms with Gasteiger partial charge in [-0.2, -0.15) is 0 Å². The van der Waals surface area contributed by atoms with Crippen molar-refractivity contribution >= 4 is 31.4 Å². The van der Waals surface area contributed by atoms with Crippen LogP contribution in [0.5, 0.6) is 5.75 Å². The summed E-state index contributed by atoms with van der Waals surface area (Å²) >= 11 is 1.54. The molecule has 33 heavy (non-hydrogen) atoms. The molecule has 5 nitrogen and oxygen atoms in total. The Morgan fingerprint density at radius 1 is 1.12 bits per heavy atom. The molecule has 0 saturated heterocycles. The van der Waals surface area contributed by atoms with E-state index in [1.807, 2.05) is 42.5 Å². The molecule has 2 saturated carbocycles. The standard InChI is InChI=1S/C25H29O5PS.Na/c1-24(2)17-12-13-25(24,3)22(15-17)30-31(26,27)29-20-14-16-8-5-6-11-21(16)32-23-18(20)9-7-10-19(23)28-4;/h5-11,14,17,22H,12-13,15H2,1-4H3,(H,26,27);/q;+1/p-1/t17-,22-,25+;/m0./s1. The number of fused-ring (bicyclic) bond motifs is 4. The van der Waals surface area contributed by atoms with E-state index in [4.69, 9.17) is 13.8 Å². The number of benzene rings is 2. The smallest absolute Gasteiger partial charge is 0.746 e. The molecule has 0 radical (unpaired) electrons. The molecule has 170 valence electrons. The SMILES string of the molecule is COc1cccc2c1Sc1ccccc1C=C2OP(=O)([O-])O[C@H]1C[C@@H]2CC[C@@]1(C)C2(C)C.[Na+]. The Bertz CT molecular complexity index is 1150. The van der Waals surface area contributed by atoms with Crippen molar-refractivity contribution in [2.75, 3.05) is 7.11 Å². The molecular formula is C25H28NaO5PS. The molecule has 4 atom stereocenters. The normalized spacial score (nSPS) is 28.5. The van der Waals surface area contributed by atoms with Gasteiger partial charge in [0.05, 0.1) is 18.1 Å². The number of methoxy groups -OCH3 is 1. The molecule has 3 aliphatic rings. The van der Waals surface area contributed by atoms with E-state index in [-0.39, 0.29) is 52.3 Å². The van der Waals surface area contributed by atoms with Crippen LogP contribution in [-0.4, -0.2) is 13.2 Å². The van der Waals surface area contributed by atoms with Gasteiger partial charge in [-0.05, 0) is 65.8 Å². The van der Waals surface area contributed by atoms with E-state index in [1.165, 1.54) is 11.8 Å². The summed E-state index contributed by atoms with van der Waals surface area (Å²) in [6, 6.07) is 13.4. The zero-order valence-electron chi connectivity index (χ0n) is 19.8. The van der Waals surface area contributed by atoms with Crippen molar-refractivity contribution in [1.29, 1.82) is 0 Å². The summed E-state index contributed by atoms with van der Waals surface area (Å²) in [6.07, 6.45) is 4.26. The van der Waals surface area contributed by atoms with Crippen LogP contribution >= 0.6 is 19.6 Å². The van der Waals surface area contributed by atoms with Gasteiger partial charge in [0, 0.05) is 10.5 Å². The third-order valence-electron chi connectivity index (χ3n) is 8.06. The molecule has 1 unspecified atom stereocenters. The van der Waals surface area contributed by atoms with Gasteiger partial charge in [0.15, 0.2) is 0 Å². The molecule has 8 heteroatoms. The molecule has 1 heterocycles. The second-order valence-corrected chi connectivity index (χ2v) is 12.1. The fourth-order valence-electron chi connectivity index (χ4n) is 5.66. The van der Waals surface area contributed by atoms with Crippen LogP contribution in [0.25, 0.3) is 11.8 Å². The second kappa shape index (κ2) is 9.05. The van der Waals surface area contributed by atoms with Gasteiger partial charge in [-0.25, -0.2) is 0 Å². The first-order chi connectivity index (χ1) is 15.1. The quantitative estimate of drug-likeness (QED) is 0.469. The Morgan fingerprint density at radius 2 is 1.88 bits per heavy atom. The van der Waals surface area contributed by atoms with Gasteiger partial charge < -0.3 is 18.7 Å². The van der Waals surface area contributed by atoms with Crippen molar-refractivity contribution in [3.8, 4) is 5.75 Å². The van der Waals surface area contributed by atoms with Crippen LogP contribution in [0.3, 0.4) is 0 Å². The zero-order chi connectivity index (χ0) is 22.7. The molecule has 2 fully saturated rings. The molecule has 1 aliphatic heterocycles. The van der Waals surface area contributed by atoms with Crippen molar-refractivity contribution in [2.45, 2.75) is 55.9 Å². The molecule has 2 aromatic carbocycles.